The van der Waals surface area contributed by atoms with Crippen molar-refractivity contribution < 1.29 is 9.90 Å². The molecule has 0 bridgehead atoms. The molecule has 1 fully saturated rings. The van der Waals surface area contributed by atoms with Crippen LogP contribution in [0.15, 0.2) is 0 Å². The Hall–Kier alpha value is -0.220. The summed E-state index contributed by atoms with van der Waals surface area (Å²) in [5.41, 5.74) is 0. The fourth-order valence-corrected chi connectivity index (χ4v) is 2.42. The maximum absolute atomic E-state index is 11.6. The molecule has 1 rings (SSSR count). The molecule has 0 saturated heterocycles. The van der Waals surface area contributed by atoms with E-state index in [2.05, 4.69) is 26.1 Å². The highest BCUT2D eigenvalue weighted by Gasteiger charge is 2.21. The fraction of sp³-hybridized carbons (Fsp3) is 0.917. The minimum absolute atomic E-state index is 0.126. The molecule has 0 aromatic rings. The number of nitrogens with one attached hydrogen (secondary N) is 1. The third-order valence-electron chi connectivity index (χ3n) is 2.70. The summed E-state index contributed by atoms with van der Waals surface area (Å²) in [5.74, 6) is 0.657. The van der Waals surface area contributed by atoms with Gasteiger partial charge in [-0.2, -0.15) is 0 Å². The summed E-state index contributed by atoms with van der Waals surface area (Å²) in [4.78, 5) is 11.6. The van der Waals surface area contributed by atoms with Crippen molar-refractivity contribution in [3.63, 3.8) is 0 Å². The number of aliphatic hydroxyl groups excluding tert-OH is 1. The van der Waals surface area contributed by atoms with Crippen LogP contribution in [0.2, 0.25) is 0 Å². The smallest absolute Gasteiger partial charge is 0.230 e. The van der Waals surface area contributed by atoms with Gasteiger partial charge >= 0.3 is 0 Å². The summed E-state index contributed by atoms with van der Waals surface area (Å²) in [5, 5.41) is 12.4. The van der Waals surface area contributed by atoms with E-state index in [4.69, 9.17) is 0 Å². The molecule has 0 aromatic heterocycles. The quantitative estimate of drug-likeness (QED) is 0.799. The molecular formula is C12H23NO2S. The monoisotopic (exact) mass is 245 g/mol. The Labute approximate surface area is 102 Å². The van der Waals surface area contributed by atoms with Crippen LogP contribution in [0.5, 0.6) is 0 Å². The Bertz CT molecular complexity index is 230. The van der Waals surface area contributed by atoms with Crippen molar-refractivity contribution in [1.29, 1.82) is 0 Å². The zero-order valence-electron chi connectivity index (χ0n) is 10.5. The second kappa shape index (κ2) is 5.92. The van der Waals surface area contributed by atoms with Crippen LogP contribution < -0.4 is 5.32 Å². The highest BCUT2D eigenvalue weighted by molar-refractivity contribution is 8.01. The summed E-state index contributed by atoms with van der Waals surface area (Å²) < 4.78 is 0.139. The van der Waals surface area contributed by atoms with Crippen LogP contribution in [-0.2, 0) is 4.79 Å². The molecule has 0 atom stereocenters. The molecule has 2 N–H and O–H groups in total. The van der Waals surface area contributed by atoms with Gasteiger partial charge in [-0.05, 0) is 25.7 Å². The van der Waals surface area contributed by atoms with E-state index in [0.717, 1.165) is 25.7 Å². The Balaban J connectivity index is 2.19. The average molecular weight is 245 g/mol. The third kappa shape index (κ3) is 5.75. The molecule has 1 aliphatic rings. The Morgan fingerprint density at radius 2 is 1.88 bits per heavy atom. The minimum Gasteiger partial charge on any atom is -0.393 e. The number of carbonyl (C=O) groups is 1. The van der Waals surface area contributed by atoms with E-state index in [1.165, 1.54) is 0 Å². The van der Waals surface area contributed by atoms with Crippen molar-refractivity contribution in [2.75, 3.05) is 5.75 Å². The first-order valence-corrected chi connectivity index (χ1v) is 6.97. The minimum atomic E-state index is -0.155. The zero-order chi connectivity index (χ0) is 12.2. The number of amides is 1. The third-order valence-corrected chi connectivity index (χ3v) is 3.97. The highest BCUT2D eigenvalue weighted by Crippen LogP contribution is 2.23. The molecule has 94 valence electrons. The second-order valence-corrected chi connectivity index (χ2v) is 7.28. The standard InChI is InChI=1S/C12H23NO2S/c1-12(2,3)16-8-11(15)13-9-4-6-10(14)7-5-9/h9-10,14H,4-8H2,1-3H3,(H,13,15). The predicted octanol–water partition coefficient (Wildman–Crippen LogP) is 1.94. The molecule has 0 spiro atoms. The van der Waals surface area contributed by atoms with Crippen LogP contribution in [0.3, 0.4) is 0 Å². The number of rotatable bonds is 3. The lowest BCUT2D eigenvalue weighted by Gasteiger charge is -2.26. The highest BCUT2D eigenvalue weighted by atomic mass is 32.2. The summed E-state index contributed by atoms with van der Waals surface area (Å²) in [6.45, 7) is 6.34. The number of thioether (sulfide) groups is 1. The van der Waals surface area contributed by atoms with E-state index >= 15 is 0 Å². The van der Waals surface area contributed by atoms with E-state index in [-0.39, 0.29) is 22.8 Å². The SMILES string of the molecule is CC(C)(C)SCC(=O)NC1CCC(O)CC1. The normalized spacial score (nSPS) is 26.5. The summed E-state index contributed by atoms with van der Waals surface area (Å²) in [7, 11) is 0. The van der Waals surface area contributed by atoms with Crippen molar-refractivity contribution in [1.82, 2.24) is 5.32 Å². The molecule has 0 aliphatic heterocycles. The largest absolute Gasteiger partial charge is 0.393 e. The Kier molecular flexibility index (Phi) is 5.12. The first-order valence-electron chi connectivity index (χ1n) is 5.98. The molecule has 1 aliphatic carbocycles. The van der Waals surface area contributed by atoms with E-state index in [1.807, 2.05) is 0 Å². The van der Waals surface area contributed by atoms with Crippen molar-refractivity contribution >= 4 is 17.7 Å². The Morgan fingerprint density at radius 3 is 2.38 bits per heavy atom. The second-order valence-electron chi connectivity index (χ2n) is 5.47. The van der Waals surface area contributed by atoms with E-state index in [1.54, 1.807) is 11.8 Å². The van der Waals surface area contributed by atoms with Gasteiger partial charge in [0.25, 0.3) is 0 Å². The number of aliphatic hydroxyl groups is 1. The average Bonchev–Trinajstić information content (AvgIpc) is 2.18. The van der Waals surface area contributed by atoms with Gasteiger partial charge in [0.05, 0.1) is 11.9 Å². The first-order chi connectivity index (χ1) is 7.37. The first kappa shape index (κ1) is 13.8. The van der Waals surface area contributed by atoms with Gasteiger partial charge in [-0.15, -0.1) is 11.8 Å². The van der Waals surface area contributed by atoms with Crippen molar-refractivity contribution in [3.05, 3.63) is 0 Å². The zero-order valence-corrected chi connectivity index (χ0v) is 11.3. The predicted molar refractivity (Wildman–Crippen MR) is 68.6 cm³/mol. The summed E-state index contributed by atoms with van der Waals surface area (Å²) >= 11 is 1.67. The number of carbonyl (C=O) groups excluding carboxylic acids is 1. The fourth-order valence-electron chi connectivity index (χ4n) is 1.77. The van der Waals surface area contributed by atoms with Gasteiger partial charge in [0.15, 0.2) is 0 Å². The molecule has 1 saturated carbocycles. The molecule has 4 heteroatoms. The van der Waals surface area contributed by atoms with Gasteiger partial charge in [-0.3, -0.25) is 4.79 Å². The van der Waals surface area contributed by atoms with Crippen molar-refractivity contribution in [2.45, 2.75) is 63.3 Å². The lowest BCUT2D eigenvalue weighted by Crippen LogP contribution is -2.39. The lowest BCUT2D eigenvalue weighted by molar-refractivity contribution is -0.119. The Morgan fingerprint density at radius 1 is 1.31 bits per heavy atom. The van der Waals surface area contributed by atoms with Crippen LogP contribution in [0.1, 0.15) is 46.5 Å². The number of hydrogen-bond acceptors (Lipinski definition) is 3. The van der Waals surface area contributed by atoms with Crippen LogP contribution >= 0.6 is 11.8 Å². The lowest BCUT2D eigenvalue weighted by atomic mass is 9.93. The molecule has 0 unspecified atom stereocenters. The molecule has 16 heavy (non-hydrogen) atoms. The van der Waals surface area contributed by atoms with Crippen LogP contribution in [0.4, 0.5) is 0 Å². The summed E-state index contributed by atoms with van der Waals surface area (Å²) in [6, 6.07) is 0.275. The maximum atomic E-state index is 11.6. The summed E-state index contributed by atoms with van der Waals surface area (Å²) in [6.07, 6.45) is 3.30. The van der Waals surface area contributed by atoms with Crippen molar-refractivity contribution in [3.8, 4) is 0 Å². The van der Waals surface area contributed by atoms with Gasteiger partial charge in [0, 0.05) is 10.8 Å². The molecular weight excluding hydrogens is 222 g/mol. The van der Waals surface area contributed by atoms with E-state index < -0.39 is 0 Å². The van der Waals surface area contributed by atoms with Crippen LogP contribution in [-0.4, -0.2) is 33.7 Å². The van der Waals surface area contributed by atoms with Crippen molar-refractivity contribution in [2.24, 2.45) is 0 Å². The molecule has 0 heterocycles. The van der Waals surface area contributed by atoms with E-state index in [0.29, 0.717) is 5.75 Å². The van der Waals surface area contributed by atoms with Crippen LogP contribution in [0, 0.1) is 0 Å². The maximum Gasteiger partial charge on any atom is 0.230 e. The topological polar surface area (TPSA) is 49.3 Å². The van der Waals surface area contributed by atoms with Gasteiger partial charge in [-0.25, -0.2) is 0 Å². The van der Waals surface area contributed by atoms with Gasteiger partial charge in [0.1, 0.15) is 0 Å². The van der Waals surface area contributed by atoms with Gasteiger partial charge < -0.3 is 10.4 Å². The molecule has 3 nitrogen and oxygen atoms in total. The van der Waals surface area contributed by atoms with Gasteiger partial charge in [0.2, 0.25) is 5.91 Å². The molecule has 1 amide bonds. The molecule has 0 radical (unpaired) electrons. The molecule has 0 aromatic carbocycles. The van der Waals surface area contributed by atoms with E-state index in [9.17, 15) is 9.90 Å². The van der Waals surface area contributed by atoms with Gasteiger partial charge in [-0.1, -0.05) is 20.8 Å². The number of hydrogen-bond donors (Lipinski definition) is 2. The van der Waals surface area contributed by atoms with Crippen LogP contribution in [0.25, 0.3) is 0 Å².